The van der Waals surface area contributed by atoms with Gasteiger partial charge in [-0.05, 0) is 58.0 Å². The Morgan fingerprint density at radius 1 is 1.10 bits per heavy atom. The molecule has 2 fully saturated rings. The van der Waals surface area contributed by atoms with E-state index >= 15 is 0 Å². The standard InChI is InChI=1S/C15H31N3O2S/c1-13(15-6-4-3-5-7-15)17-21(19,20)18-10-8-14(9-11-18)12-16-2/h13-17H,3-12H2,1-2H3. The molecule has 0 bridgehead atoms. The molecule has 2 aliphatic rings. The van der Waals surface area contributed by atoms with Crippen LogP contribution in [0.15, 0.2) is 0 Å². The molecule has 124 valence electrons. The van der Waals surface area contributed by atoms with Gasteiger partial charge in [0.25, 0.3) is 10.2 Å². The zero-order valence-corrected chi connectivity index (χ0v) is 14.3. The van der Waals surface area contributed by atoms with E-state index in [1.165, 1.54) is 19.3 Å². The lowest BCUT2D eigenvalue weighted by molar-refractivity contribution is 0.259. The first-order valence-corrected chi connectivity index (χ1v) is 9.89. The molecular weight excluding hydrogens is 286 g/mol. The summed E-state index contributed by atoms with van der Waals surface area (Å²) in [6, 6.07) is 0.0605. The van der Waals surface area contributed by atoms with Gasteiger partial charge in [-0.2, -0.15) is 17.4 Å². The van der Waals surface area contributed by atoms with Gasteiger partial charge in [-0.15, -0.1) is 0 Å². The molecule has 2 rings (SSSR count). The molecular formula is C15H31N3O2S. The molecule has 1 atom stereocenters. The molecule has 0 radical (unpaired) electrons. The van der Waals surface area contributed by atoms with Crippen molar-refractivity contribution in [3.8, 4) is 0 Å². The van der Waals surface area contributed by atoms with Gasteiger partial charge >= 0.3 is 0 Å². The highest BCUT2D eigenvalue weighted by molar-refractivity contribution is 7.87. The number of nitrogens with zero attached hydrogens (tertiary/aromatic N) is 1. The maximum Gasteiger partial charge on any atom is 0.279 e. The molecule has 0 aromatic rings. The summed E-state index contributed by atoms with van der Waals surface area (Å²) >= 11 is 0. The summed E-state index contributed by atoms with van der Waals surface area (Å²) in [7, 11) is -1.35. The topological polar surface area (TPSA) is 61.4 Å². The van der Waals surface area contributed by atoms with E-state index in [9.17, 15) is 8.42 Å². The lowest BCUT2D eigenvalue weighted by Crippen LogP contribution is -2.50. The third-order valence-corrected chi connectivity index (χ3v) is 6.81. The van der Waals surface area contributed by atoms with Crippen LogP contribution in [0.1, 0.15) is 51.9 Å². The summed E-state index contributed by atoms with van der Waals surface area (Å²) in [5.41, 5.74) is 0. The van der Waals surface area contributed by atoms with E-state index in [1.807, 2.05) is 14.0 Å². The molecule has 0 aromatic carbocycles. The first-order chi connectivity index (χ1) is 10.0. The number of hydrogen-bond acceptors (Lipinski definition) is 3. The third-order valence-electron chi connectivity index (χ3n) is 5.10. The van der Waals surface area contributed by atoms with E-state index in [0.717, 1.165) is 32.2 Å². The molecule has 0 aromatic heterocycles. The second-order valence-corrected chi connectivity index (χ2v) is 8.41. The molecule has 1 saturated carbocycles. The van der Waals surface area contributed by atoms with E-state index in [2.05, 4.69) is 10.0 Å². The van der Waals surface area contributed by atoms with Crippen molar-refractivity contribution in [2.75, 3.05) is 26.7 Å². The molecule has 1 aliphatic heterocycles. The summed E-state index contributed by atoms with van der Waals surface area (Å²) < 4.78 is 29.6. The van der Waals surface area contributed by atoms with Gasteiger partial charge in [0.15, 0.2) is 0 Å². The Morgan fingerprint density at radius 3 is 2.29 bits per heavy atom. The van der Waals surface area contributed by atoms with E-state index in [1.54, 1.807) is 4.31 Å². The Bertz CT molecular complexity index is 399. The lowest BCUT2D eigenvalue weighted by atomic mass is 9.85. The van der Waals surface area contributed by atoms with Gasteiger partial charge < -0.3 is 5.32 Å². The Balaban J connectivity index is 1.84. The summed E-state index contributed by atoms with van der Waals surface area (Å²) in [5.74, 6) is 1.12. The zero-order chi connectivity index (χ0) is 15.3. The van der Waals surface area contributed by atoms with Gasteiger partial charge in [-0.1, -0.05) is 19.3 Å². The smallest absolute Gasteiger partial charge is 0.279 e. The fourth-order valence-electron chi connectivity index (χ4n) is 3.68. The number of piperidine rings is 1. The minimum atomic E-state index is -3.31. The zero-order valence-electron chi connectivity index (χ0n) is 13.5. The van der Waals surface area contributed by atoms with Crippen LogP contribution >= 0.6 is 0 Å². The predicted molar refractivity (Wildman–Crippen MR) is 86.3 cm³/mol. The van der Waals surface area contributed by atoms with Gasteiger partial charge in [0.2, 0.25) is 0 Å². The highest BCUT2D eigenvalue weighted by Crippen LogP contribution is 2.27. The summed E-state index contributed by atoms with van der Waals surface area (Å²) in [4.78, 5) is 0. The van der Waals surface area contributed by atoms with Crippen LogP contribution in [0.3, 0.4) is 0 Å². The SMILES string of the molecule is CNCC1CCN(S(=O)(=O)NC(C)C2CCCCC2)CC1. The second kappa shape index (κ2) is 7.90. The molecule has 5 nitrogen and oxygen atoms in total. The van der Waals surface area contributed by atoms with Crippen molar-refractivity contribution < 1.29 is 8.42 Å². The average Bonchev–Trinajstić information content (AvgIpc) is 2.48. The number of nitrogens with one attached hydrogen (secondary N) is 2. The van der Waals surface area contributed by atoms with Gasteiger partial charge in [-0.3, -0.25) is 0 Å². The summed E-state index contributed by atoms with van der Waals surface area (Å²) in [6.07, 6.45) is 8.02. The molecule has 1 aliphatic carbocycles. The van der Waals surface area contributed by atoms with Crippen molar-refractivity contribution in [2.24, 2.45) is 11.8 Å². The van der Waals surface area contributed by atoms with Crippen LogP contribution in [0.25, 0.3) is 0 Å². The Morgan fingerprint density at radius 2 is 1.71 bits per heavy atom. The van der Waals surface area contributed by atoms with E-state index < -0.39 is 10.2 Å². The quantitative estimate of drug-likeness (QED) is 0.784. The highest BCUT2D eigenvalue weighted by atomic mass is 32.2. The molecule has 0 amide bonds. The first-order valence-electron chi connectivity index (χ1n) is 8.45. The molecule has 0 spiro atoms. The maximum absolute atomic E-state index is 12.5. The molecule has 1 unspecified atom stereocenters. The Kier molecular flexibility index (Phi) is 6.47. The fourth-order valence-corrected chi connectivity index (χ4v) is 5.19. The van der Waals surface area contributed by atoms with E-state index in [4.69, 9.17) is 0 Å². The average molecular weight is 317 g/mol. The number of hydrogen-bond donors (Lipinski definition) is 2. The number of rotatable bonds is 6. The maximum atomic E-state index is 12.5. The summed E-state index contributed by atoms with van der Waals surface area (Å²) in [5, 5.41) is 3.18. The normalized spacial score (nSPS) is 25.0. The van der Waals surface area contributed by atoms with Crippen molar-refractivity contribution in [3.63, 3.8) is 0 Å². The molecule has 6 heteroatoms. The summed E-state index contributed by atoms with van der Waals surface area (Å²) in [6.45, 7) is 4.32. The van der Waals surface area contributed by atoms with Gasteiger partial charge in [-0.25, -0.2) is 0 Å². The van der Waals surface area contributed by atoms with E-state index in [0.29, 0.717) is 24.9 Å². The molecule has 2 N–H and O–H groups in total. The molecule has 1 heterocycles. The monoisotopic (exact) mass is 317 g/mol. The predicted octanol–water partition coefficient (Wildman–Crippen LogP) is 1.72. The van der Waals surface area contributed by atoms with E-state index in [-0.39, 0.29) is 6.04 Å². The van der Waals surface area contributed by atoms with Crippen molar-refractivity contribution in [2.45, 2.75) is 57.9 Å². The van der Waals surface area contributed by atoms with Gasteiger partial charge in [0, 0.05) is 19.1 Å². The first kappa shape index (κ1) is 17.2. The minimum absolute atomic E-state index is 0.0605. The molecule has 21 heavy (non-hydrogen) atoms. The van der Waals surface area contributed by atoms with Crippen LogP contribution in [0, 0.1) is 11.8 Å². The van der Waals surface area contributed by atoms with Crippen LogP contribution in [0.4, 0.5) is 0 Å². The highest BCUT2D eigenvalue weighted by Gasteiger charge is 2.30. The van der Waals surface area contributed by atoms with Gasteiger partial charge in [0.05, 0.1) is 0 Å². The van der Waals surface area contributed by atoms with Gasteiger partial charge in [0.1, 0.15) is 0 Å². The third kappa shape index (κ3) is 4.91. The minimum Gasteiger partial charge on any atom is -0.319 e. The van der Waals surface area contributed by atoms with Crippen LogP contribution < -0.4 is 10.0 Å². The van der Waals surface area contributed by atoms with Crippen molar-refractivity contribution in [3.05, 3.63) is 0 Å². The Hall–Kier alpha value is -0.170. The van der Waals surface area contributed by atoms with Crippen molar-refractivity contribution in [1.29, 1.82) is 0 Å². The van der Waals surface area contributed by atoms with Crippen LogP contribution in [0.2, 0.25) is 0 Å². The largest absolute Gasteiger partial charge is 0.319 e. The second-order valence-electron chi connectivity index (χ2n) is 6.71. The van der Waals surface area contributed by atoms with Crippen LogP contribution in [-0.2, 0) is 10.2 Å². The molecule has 1 saturated heterocycles. The van der Waals surface area contributed by atoms with Crippen LogP contribution in [0.5, 0.6) is 0 Å². The van der Waals surface area contributed by atoms with Crippen LogP contribution in [-0.4, -0.2) is 45.4 Å². The lowest BCUT2D eigenvalue weighted by Gasteiger charge is -2.34. The van der Waals surface area contributed by atoms with Crippen molar-refractivity contribution in [1.82, 2.24) is 14.3 Å². The van der Waals surface area contributed by atoms with Crippen molar-refractivity contribution >= 4 is 10.2 Å². The fraction of sp³-hybridized carbons (Fsp3) is 1.00. The Labute approximate surface area is 130 Å².